The lowest BCUT2D eigenvalue weighted by Gasteiger charge is -2.35. The first-order valence-electron chi connectivity index (χ1n) is 9.33. The molecule has 0 saturated carbocycles. The van der Waals surface area contributed by atoms with Gasteiger partial charge in [-0.3, -0.25) is 4.79 Å². The highest BCUT2D eigenvalue weighted by Crippen LogP contribution is 2.28. The fraction of sp³-hybridized carbons (Fsp3) is 0.421. The Hall–Kier alpha value is -1.61. The minimum atomic E-state index is -3.58. The normalized spacial score (nSPS) is 18.6. The lowest BCUT2D eigenvalue weighted by molar-refractivity contribution is 0.0793. The van der Waals surface area contributed by atoms with Gasteiger partial charge in [-0.15, -0.1) is 11.3 Å². The van der Waals surface area contributed by atoms with Crippen LogP contribution in [0.15, 0.2) is 39.9 Å². The molecule has 9 heteroatoms. The lowest BCUT2D eigenvalue weighted by Crippen LogP contribution is -2.48. The number of thiophene rings is 1. The van der Waals surface area contributed by atoms with Gasteiger partial charge in [-0.25, -0.2) is 8.42 Å². The Labute approximate surface area is 174 Å². The fourth-order valence-corrected chi connectivity index (χ4v) is 6.57. The summed E-state index contributed by atoms with van der Waals surface area (Å²) in [7, 11) is -3.58. The van der Waals surface area contributed by atoms with Gasteiger partial charge in [0, 0.05) is 55.4 Å². The molecule has 2 aliphatic rings. The van der Waals surface area contributed by atoms with Crippen LogP contribution >= 0.6 is 22.9 Å². The van der Waals surface area contributed by atoms with Gasteiger partial charge in [0.2, 0.25) is 0 Å². The molecule has 1 aromatic carbocycles. The number of anilines is 1. The molecular formula is C19H22ClN3O3S2. The van der Waals surface area contributed by atoms with Crippen molar-refractivity contribution in [3.8, 4) is 0 Å². The van der Waals surface area contributed by atoms with Crippen molar-refractivity contribution in [1.82, 2.24) is 9.21 Å². The predicted molar refractivity (Wildman–Crippen MR) is 112 cm³/mol. The first kappa shape index (κ1) is 19.7. The molecule has 150 valence electrons. The van der Waals surface area contributed by atoms with Crippen molar-refractivity contribution in [2.45, 2.75) is 17.1 Å². The van der Waals surface area contributed by atoms with E-state index < -0.39 is 10.0 Å². The van der Waals surface area contributed by atoms with Crippen LogP contribution in [0.25, 0.3) is 0 Å². The van der Waals surface area contributed by atoms with Crippen LogP contribution in [0, 0.1) is 0 Å². The summed E-state index contributed by atoms with van der Waals surface area (Å²) in [6.07, 6.45) is 2.02. The summed E-state index contributed by atoms with van der Waals surface area (Å²) in [6, 6.07) is 9.12. The van der Waals surface area contributed by atoms with Crippen LogP contribution < -0.4 is 4.90 Å². The average Bonchev–Trinajstić information content (AvgIpc) is 3.40. The molecule has 0 atom stereocenters. The average molecular weight is 440 g/mol. The zero-order chi connectivity index (χ0) is 19.7. The molecule has 6 nitrogen and oxygen atoms in total. The van der Waals surface area contributed by atoms with E-state index in [2.05, 4.69) is 4.90 Å². The van der Waals surface area contributed by atoms with Crippen molar-refractivity contribution in [1.29, 1.82) is 0 Å². The summed E-state index contributed by atoms with van der Waals surface area (Å²) < 4.78 is 27.8. The Kier molecular flexibility index (Phi) is 5.64. The molecule has 0 N–H and O–H groups in total. The zero-order valence-electron chi connectivity index (χ0n) is 15.4. The monoisotopic (exact) mass is 439 g/mol. The number of carbonyl (C=O) groups is 1. The van der Waals surface area contributed by atoms with Crippen molar-refractivity contribution in [3.05, 3.63) is 46.3 Å². The van der Waals surface area contributed by atoms with E-state index >= 15 is 0 Å². The summed E-state index contributed by atoms with van der Waals surface area (Å²) in [6.45, 7) is 3.52. The van der Waals surface area contributed by atoms with Crippen molar-refractivity contribution < 1.29 is 13.2 Å². The van der Waals surface area contributed by atoms with E-state index in [1.807, 2.05) is 24.3 Å². The number of rotatable bonds is 4. The Balaban J connectivity index is 1.44. The molecule has 1 amide bonds. The molecule has 2 fully saturated rings. The molecule has 3 heterocycles. The number of likely N-dealkylation sites (tertiary alicyclic amines) is 1. The van der Waals surface area contributed by atoms with E-state index in [0.29, 0.717) is 36.8 Å². The number of sulfonamides is 1. The highest BCUT2D eigenvalue weighted by molar-refractivity contribution is 7.91. The van der Waals surface area contributed by atoms with Gasteiger partial charge in [0.15, 0.2) is 0 Å². The zero-order valence-corrected chi connectivity index (χ0v) is 17.8. The first-order valence-corrected chi connectivity index (χ1v) is 12.0. The lowest BCUT2D eigenvalue weighted by atomic mass is 10.2. The van der Waals surface area contributed by atoms with E-state index in [-0.39, 0.29) is 10.1 Å². The molecule has 0 aliphatic carbocycles. The standard InChI is InChI=1S/C19H22ClN3O3S2/c20-16-4-3-5-17(13-16)21-8-10-23(11-9-21)28(25,26)18-12-15(14-27-18)19(24)22-6-1-2-7-22/h3-5,12-14H,1-2,6-11H2. The molecule has 2 aromatic rings. The van der Waals surface area contributed by atoms with Crippen LogP contribution in [0.5, 0.6) is 0 Å². The third-order valence-corrected chi connectivity index (χ3v) is 8.77. The summed E-state index contributed by atoms with van der Waals surface area (Å²) in [5.74, 6) is -0.0685. The summed E-state index contributed by atoms with van der Waals surface area (Å²) in [5, 5.41) is 2.33. The van der Waals surface area contributed by atoms with Crippen molar-refractivity contribution in [2.75, 3.05) is 44.2 Å². The van der Waals surface area contributed by atoms with Gasteiger partial charge in [0.25, 0.3) is 15.9 Å². The molecule has 0 unspecified atom stereocenters. The number of hydrogen-bond donors (Lipinski definition) is 0. The van der Waals surface area contributed by atoms with Crippen molar-refractivity contribution in [2.24, 2.45) is 0 Å². The highest BCUT2D eigenvalue weighted by Gasteiger charge is 2.31. The third kappa shape index (κ3) is 3.91. The predicted octanol–water partition coefficient (Wildman–Crippen LogP) is 3.15. The molecule has 4 rings (SSSR count). The molecule has 28 heavy (non-hydrogen) atoms. The van der Waals surface area contributed by atoms with Gasteiger partial charge in [0.05, 0.1) is 5.56 Å². The third-order valence-electron chi connectivity index (χ3n) is 5.22. The number of benzene rings is 1. The summed E-state index contributed by atoms with van der Waals surface area (Å²) in [4.78, 5) is 16.4. The van der Waals surface area contributed by atoms with Crippen LogP contribution in [0.3, 0.4) is 0 Å². The van der Waals surface area contributed by atoms with E-state index in [0.717, 1.165) is 43.0 Å². The maximum absolute atomic E-state index is 13.0. The Morgan fingerprint density at radius 1 is 1.00 bits per heavy atom. The smallest absolute Gasteiger partial charge is 0.254 e. The topological polar surface area (TPSA) is 60.9 Å². The Morgan fingerprint density at radius 2 is 1.71 bits per heavy atom. The van der Waals surface area contributed by atoms with E-state index in [1.165, 1.54) is 10.4 Å². The van der Waals surface area contributed by atoms with Crippen molar-refractivity contribution in [3.63, 3.8) is 0 Å². The van der Waals surface area contributed by atoms with Gasteiger partial charge in [-0.1, -0.05) is 17.7 Å². The van der Waals surface area contributed by atoms with Gasteiger partial charge >= 0.3 is 0 Å². The molecule has 2 saturated heterocycles. The van der Waals surface area contributed by atoms with E-state index in [4.69, 9.17) is 11.6 Å². The van der Waals surface area contributed by atoms with Gasteiger partial charge in [0.1, 0.15) is 4.21 Å². The largest absolute Gasteiger partial charge is 0.369 e. The number of piperazine rings is 1. The van der Waals surface area contributed by atoms with Gasteiger partial charge in [-0.05, 0) is 37.1 Å². The second-order valence-electron chi connectivity index (χ2n) is 7.02. The molecule has 2 aliphatic heterocycles. The highest BCUT2D eigenvalue weighted by atomic mass is 35.5. The molecular weight excluding hydrogens is 418 g/mol. The maximum Gasteiger partial charge on any atom is 0.254 e. The second kappa shape index (κ2) is 8.02. The molecule has 0 spiro atoms. The molecule has 0 radical (unpaired) electrons. The Bertz CT molecular complexity index is 962. The number of halogens is 1. The van der Waals surface area contributed by atoms with Crippen LogP contribution in [-0.4, -0.2) is 62.8 Å². The van der Waals surface area contributed by atoms with Crippen LogP contribution in [0.4, 0.5) is 5.69 Å². The van der Waals surface area contributed by atoms with Gasteiger partial charge < -0.3 is 9.80 Å². The van der Waals surface area contributed by atoms with E-state index in [1.54, 1.807) is 10.3 Å². The number of amides is 1. The SMILES string of the molecule is O=C(c1csc(S(=O)(=O)N2CCN(c3cccc(Cl)c3)CC2)c1)N1CCCC1. The number of hydrogen-bond acceptors (Lipinski definition) is 5. The second-order valence-corrected chi connectivity index (χ2v) is 10.5. The quantitative estimate of drug-likeness (QED) is 0.734. The summed E-state index contributed by atoms with van der Waals surface area (Å²) in [5.41, 5.74) is 1.47. The number of nitrogens with zero attached hydrogens (tertiary/aromatic N) is 3. The minimum absolute atomic E-state index is 0.0685. The Morgan fingerprint density at radius 3 is 2.39 bits per heavy atom. The first-order chi connectivity index (χ1) is 13.4. The van der Waals surface area contributed by atoms with E-state index in [9.17, 15) is 13.2 Å². The fourth-order valence-electron chi connectivity index (χ4n) is 3.65. The summed E-state index contributed by atoms with van der Waals surface area (Å²) >= 11 is 7.19. The van der Waals surface area contributed by atoms with Crippen LogP contribution in [0.1, 0.15) is 23.2 Å². The van der Waals surface area contributed by atoms with Crippen LogP contribution in [-0.2, 0) is 10.0 Å². The minimum Gasteiger partial charge on any atom is -0.369 e. The maximum atomic E-state index is 13.0. The van der Waals surface area contributed by atoms with Crippen LogP contribution in [0.2, 0.25) is 5.02 Å². The molecule has 1 aromatic heterocycles. The molecule has 0 bridgehead atoms. The van der Waals surface area contributed by atoms with Crippen molar-refractivity contribution >= 4 is 44.6 Å². The number of carbonyl (C=O) groups excluding carboxylic acids is 1. The van der Waals surface area contributed by atoms with Gasteiger partial charge in [-0.2, -0.15) is 4.31 Å².